The maximum Gasteiger partial charge on any atom is 0.161 e. The summed E-state index contributed by atoms with van der Waals surface area (Å²) in [6.45, 7) is 0. The summed E-state index contributed by atoms with van der Waals surface area (Å²) in [6.07, 6.45) is 0. The summed E-state index contributed by atoms with van der Waals surface area (Å²) >= 11 is 0. The fourth-order valence-electron chi connectivity index (χ4n) is 2.48. The van der Waals surface area contributed by atoms with Gasteiger partial charge in [-0.2, -0.15) is 0 Å². The molecule has 3 aromatic carbocycles. The second-order valence-electron chi connectivity index (χ2n) is 4.93. The van der Waals surface area contributed by atoms with Crippen molar-refractivity contribution in [2.24, 2.45) is 0 Å². The van der Waals surface area contributed by atoms with Crippen LogP contribution in [-0.2, 0) is 0 Å². The van der Waals surface area contributed by atoms with Crippen molar-refractivity contribution in [3.63, 3.8) is 0 Å². The first kappa shape index (κ1) is 12.0. The molecule has 1 N–H and O–H groups in total. The monoisotopic (exact) mass is 280 g/mol. The third-order valence-electron chi connectivity index (χ3n) is 3.55. The Morgan fingerprint density at radius 3 is 2.43 bits per heavy atom. The number of fused-ring (bicyclic) bond motifs is 2. The Morgan fingerprint density at radius 2 is 1.57 bits per heavy atom. The zero-order valence-corrected chi connectivity index (χ0v) is 10.9. The molecule has 4 rings (SSSR count). The Labute approximate surface area is 119 Å². The van der Waals surface area contributed by atoms with Crippen molar-refractivity contribution in [2.45, 2.75) is 0 Å². The van der Waals surface area contributed by atoms with Crippen LogP contribution in [-0.4, -0.2) is 9.97 Å². The highest BCUT2D eigenvalue weighted by atomic mass is 19.2. The van der Waals surface area contributed by atoms with E-state index < -0.39 is 11.6 Å². The van der Waals surface area contributed by atoms with E-state index in [9.17, 15) is 8.78 Å². The molecule has 0 saturated heterocycles. The second kappa shape index (κ2) is 4.38. The zero-order chi connectivity index (χ0) is 14.4. The second-order valence-corrected chi connectivity index (χ2v) is 4.93. The highest BCUT2D eigenvalue weighted by Gasteiger charge is 2.10. The highest BCUT2D eigenvalue weighted by molar-refractivity contribution is 5.87. The number of aromatic amines is 1. The first-order valence-electron chi connectivity index (χ1n) is 6.55. The minimum absolute atomic E-state index is 0.414. The fraction of sp³-hybridized carbons (Fsp3) is 0. The molecule has 0 unspecified atom stereocenters. The van der Waals surface area contributed by atoms with Crippen LogP contribution in [0.4, 0.5) is 8.78 Å². The predicted octanol–water partition coefficient (Wildman–Crippen LogP) is 4.66. The number of nitrogens with one attached hydrogen (secondary N) is 1. The van der Waals surface area contributed by atoms with E-state index in [1.54, 1.807) is 0 Å². The Bertz CT molecular complexity index is 934. The Morgan fingerprint density at radius 1 is 0.810 bits per heavy atom. The smallest absolute Gasteiger partial charge is 0.161 e. The molecule has 21 heavy (non-hydrogen) atoms. The average molecular weight is 280 g/mol. The third kappa shape index (κ3) is 1.96. The van der Waals surface area contributed by atoms with Crippen LogP contribution >= 0.6 is 0 Å². The molecular formula is C17H10F2N2. The van der Waals surface area contributed by atoms with Crippen molar-refractivity contribution in [2.75, 3.05) is 0 Å². The van der Waals surface area contributed by atoms with E-state index in [-0.39, 0.29) is 0 Å². The van der Waals surface area contributed by atoms with Gasteiger partial charge in [-0.25, -0.2) is 13.8 Å². The average Bonchev–Trinajstić information content (AvgIpc) is 2.90. The van der Waals surface area contributed by atoms with Crippen molar-refractivity contribution in [3.8, 4) is 11.4 Å². The van der Waals surface area contributed by atoms with Crippen LogP contribution in [0.3, 0.4) is 0 Å². The van der Waals surface area contributed by atoms with E-state index >= 15 is 0 Å². The molecule has 102 valence electrons. The van der Waals surface area contributed by atoms with Gasteiger partial charge in [-0.05, 0) is 16.8 Å². The van der Waals surface area contributed by atoms with Gasteiger partial charge in [-0.1, -0.05) is 36.4 Å². The summed E-state index contributed by atoms with van der Waals surface area (Å²) in [7, 11) is 0. The normalized spacial score (nSPS) is 11.3. The summed E-state index contributed by atoms with van der Waals surface area (Å²) in [5.41, 5.74) is 1.78. The van der Waals surface area contributed by atoms with Gasteiger partial charge >= 0.3 is 0 Å². The lowest BCUT2D eigenvalue weighted by Crippen LogP contribution is -1.82. The molecule has 0 bridgehead atoms. The van der Waals surface area contributed by atoms with Gasteiger partial charge in [0.05, 0.1) is 11.0 Å². The molecule has 0 aliphatic carbocycles. The van der Waals surface area contributed by atoms with Crippen LogP contribution in [0.25, 0.3) is 33.2 Å². The number of nitrogens with zero attached hydrogens (tertiary/aromatic N) is 1. The van der Waals surface area contributed by atoms with Crippen molar-refractivity contribution >= 4 is 21.8 Å². The highest BCUT2D eigenvalue weighted by Crippen LogP contribution is 2.25. The maximum atomic E-state index is 13.2. The molecule has 4 heteroatoms. The molecule has 0 radical (unpaired) electrons. The topological polar surface area (TPSA) is 28.7 Å². The van der Waals surface area contributed by atoms with E-state index in [1.807, 2.05) is 42.5 Å². The molecule has 2 nitrogen and oxygen atoms in total. The Hall–Kier alpha value is -2.75. The quantitative estimate of drug-likeness (QED) is 0.539. The lowest BCUT2D eigenvalue weighted by atomic mass is 10.1. The number of halogens is 2. The van der Waals surface area contributed by atoms with Crippen molar-refractivity contribution in [1.82, 2.24) is 9.97 Å². The van der Waals surface area contributed by atoms with E-state index in [4.69, 9.17) is 0 Å². The molecule has 1 aromatic heterocycles. The summed E-state index contributed by atoms with van der Waals surface area (Å²) in [5, 5.41) is 2.22. The molecule has 0 aliphatic heterocycles. The summed E-state index contributed by atoms with van der Waals surface area (Å²) < 4.78 is 26.5. The van der Waals surface area contributed by atoms with Crippen LogP contribution in [0.2, 0.25) is 0 Å². The van der Waals surface area contributed by atoms with E-state index in [2.05, 4.69) is 9.97 Å². The van der Waals surface area contributed by atoms with Crippen molar-refractivity contribution in [3.05, 3.63) is 66.2 Å². The van der Waals surface area contributed by atoms with Gasteiger partial charge < -0.3 is 4.98 Å². The summed E-state index contributed by atoms with van der Waals surface area (Å²) in [6, 6.07) is 16.2. The molecule has 0 atom stereocenters. The van der Waals surface area contributed by atoms with Gasteiger partial charge in [-0.3, -0.25) is 0 Å². The zero-order valence-electron chi connectivity index (χ0n) is 10.9. The molecule has 1 heterocycles. The number of H-pyrrole nitrogens is 1. The standard InChI is InChI=1S/C17H10F2N2/c18-13-8-15-16(9-14(13)19)21-17(20-15)12-6-5-10-3-1-2-4-11(10)7-12/h1-9H,(H,20,21). The van der Waals surface area contributed by atoms with Gasteiger partial charge in [-0.15, -0.1) is 0 Å². The summed E-state index contributed by atoms with van der Waals surface area (Å²) in [4.78, 5) is 7.36. The van der Waals surface area contributed by atoms with Crippen molar-refractivity contribution < 1.29 is 8.78 Å². The largest absolute Gasteiger partial charge is 0.338 e. The number of benzene rings is 3. The minimum Gasteiger partial charge on any atom is -0.338 e. The Kier molecular flexibility index (Phi) is 2.51. The Balaban J connectivity index is 1.91. The van der Waals surface area contributed by atoms with Crippen LogP contribution in [0.15, 0.2) is 54.6 Å². The van der Waals surface area contributed by atoms with Gasteiger partial charge in [0.1, 0.15) is 5.82 Å². The predicted molar refractivity (Wildman–Crippen MR) is 79.0 cm³/mol. The van der Waals surface area contributed by atoms with Crippen LogP contribution in [0.1, 0.15) is 0 Å². The maximum absolute atomic E-state index is 13.2. The minimum atomic E-state index is -0.890. The van der Waals surface area contributed by atoms with E-state index in [0.29, 0.717) is 16.9 Å². The third-order valence-corrected chi connectivity index (χ3v) is 3.55. The SMILES string of the molecule is Fc1cc2nc(-c3ccc4ccccc4c3)[nH]c2cc1F. The first-order valence-corrected chi connectivity index (χ1v) is 6.55. The molecule has 4 aromatic rings. The van der Waals surface area contributed by atoms with Crippen molar-refractivity contribution in [1.29, 1.82) is 0 Å². The molecule has 0 aliphatic rings. The first-order chi connectivity index (χ1) is 10.2. The van der Waals surface area contributed by atoms with Gasteiger partial charge in [0.15, 0.2) is 11.6 Å². The van der Waals surface area contributed by atoms with E-state index in [0.717, 1.165) is 28.5 Å². The fourth-order valence-corrected chi connectivity index (χ4v) is 2.48. The van der Waals surface area contributed by atoms with E-state index in [1.165, 1.54) is 0 Å². The lowest BCUT2D eigenvalue weighted by molar-refractivity contribution is 0.510. The summed E-state index contributed by atoms with van der Waals surface area (Å²) in [5.74, 6) is -1.17. The number of hydrogen-bond donors (Lipinski definition) is 1. The van der Waals surface area contributed by atoms with Crippen LogP contribution in [0.5, 0.6) is 0 Å². The molecule has 0 saturated carbocycles. The lowest BCUT2D eigenvalue weighted by Gasteiger charge is -2.00. The van der Waals surface area contributed by atoms with Gasteiger partial charge in [0.2, 0.25) is 0 Å². The number of rotatable bonds is 1. The van der Waals surface area contributed by atoms with Crippen LogP contribution < -0.4 is 0 Å². The molecule has 0 spiro atoms. The number of aromatic nitrogens is 2. The number of hydrogen-bond acceptors (Lipinski definition) is 1. The van der Waals surface area contributed by atoms with Gasteiger partial charge in [0.25, 0.3) is 0 Å². The molecule has 0 amide bonds. The van der Waals surface area contributed by atoms with Gasteiger partial charge in [0, 0.05) is 17.7 Å². The molecular weight excluding hydrogens is 270 g/mol. The molecule has 0 fully saturated rings. The van der Waals surface area contributed by atoms with Crippen LogP contribution in [0, 0.1) is 11.6 Å². The number of imidazole rings is 1.